The van der Waals surface area contributed by atoms with Crippen molar-refractivity contribution in [3.05, 3.63) is 56.2 Å². The van der Waals surface area contributed by atoms with Crippen molar-refractivity contribution in [1.29, 1.82) is 0 Å². The summed E-state index contributed by atoms with van der Waals surface area (Å²) in [6.07, 6.45) is 0. The summed E-state index contributed by atoms with van der Waals surface area (Å²) in [7, 11) is 1.78. The van der Waals surface area contributed by atoms with Gasteiger partial charge in [-0.3, -0.25) is 4.79 Å². The fourth-order valence-electron chi connectivity index (χ4n) is 1.81. The van der Waals surface area contributed by atoms with Gasteiger partial charge in [-0.1, -0.05) is 30.4 Å². The Morgan fingerprint density at radius 1 is 1.40 bits per heavy atom. The van der Waals surface area contributed by atoms with Gasteiger partial charge < -0.3 is 10.6 Å². The number of thiophene rings is 1. The number of nitrogens with two attached hydrogens (primary N) is 1. The van der Waals surface area contributed by atoms with Crippen LogP contribution in [0.15, 0.2) is 39.5 Å². The monoisotopic (exact) mass is 368 g/mol. The van der Waals surface area contributed by atoms with Crippen LogP contribution in [0.25, 0.3) is 0 Å². The maximum absolute atomic E-state index is 12.2. The number of hydrogen-bond acceptors (Lipinski definition) is 3. The van der Waals surface area contributed by atoms with Gasteiger partial charge in [-0.25, -0.2) is 0 Å². The SMILES string of the molecule is CN(Cc1cccc(C(N)=S)c1)C(=O)c1csc(Br)c1. The number of carbonyl (C=O) groups excluding carboxylic acids is 1. The standard InChI is InChI=1S/C14H13BrN2OS2/c1-17(14(18)11-6-12(15)20-8-11)7-9-3-2-4-10(5-9)13(16)19/h2-6,8H,7H2,1H3,(H2,16,19). The fourth-order valence-corrected chi connectivity index (χ4v) is 3.07. The van der Waals surface area contributed by atoms with Gasteiger partial charge in [0.15, 0.2) is 0 Å². The van der Waals surface area contributed by atoms with Gasteiger partial charge in [-0.05, 0) is 33.6 Å². The predicted octanol–water partition coefficient (Wildman–Crippen LogP) is 3.42. The van der Waals surface area contributed by atoms with E-state index in [0.717, 1.165) is 14.9 Å². The van der Waals surface area contributed by atoms with Crippen LogP contribution in [-0.4, -0.2) is 22.8 Å². The first-order valence-electron chi connectivity index (χ1n) is 5.85. The molecule has 0 fully saturated rings. The van der Waals surface area contributed by atoms with E-state index < -0.39 is 0 Å². The molecule has 0 radical (unpaired) electrons. The third-order valence-electron chi connectivity index (χ3n) is 2.79. The summed E-state index contributed by atoms with van der Waals surface area (Å²) < 4.78 is 0.949. The van der Waals surface area contributed by atoms with E-state index in [1.165, 1.54) is 11.3 Å². The van der Waals surface area contributed by atoms with Crippen molar-refractivity contribution >= 4 is 50.4 Å². The number of nitrogens with zero attached hydrogens (tertiary/aromatic N) is 1. The number of rotatable bonds is 4. The molecule has 2 aromatic rings. The van der Waals surface area contributed by atoms with E-state index in [2.05, 4.69) is 15.9 Å². The average molecular weight is 369 g/mol. The van der Waals surface area contributed by atoms with Crippen LogP contribution in [0.3, 0.4) is 0 Å². The second kappa shape index (κ2) is 6.47. The lowest BCUT2D eigenvalue weighted by atomic mass is 10.1. The second-order valence-corrected chi connectivity index (χ2v) is 7.10. The summed E-state index contributed by atoms with van der Waals surface area (Å²) in [4.78, 5) is 14.3. The zero-order valence-electron chi connectivity index (χ0n) is 10.8. The van der Waals surface area contributed by atoms with E-state index >= 15 is 0 Å². The summed E-state index contributed by atoms with van der Waals surface area (Å²) in [5.41, 5.74) is 8.12. The van der Waals surface area contributed by atoms with Gasteiger partial charge in [0, 0.05) is 24.5 Å². The minimum atomic E-state index is -0.00678. The molecule has 6 heteroatoms. The lowest BCUT2D eigenvalue weighted by molar-refractivity contribution is 0.0785. The first kappa shape index (κ1) is 15.2. The van der Waals surface area contributed by atoms with Gasteiger partial charge in [0.2, 0.25) is 0 Å². The summed E-state index contributed by atoms with van der Waals surface area (Å²) in [5, 5.41) is 1.84. The quantitative estimate of drug-likeness (QED) is 0.841. The van der Waals surface area contributed by atoms with Gasteiger partial charge in [-0.2, -0.15) is 0 Å². The number of hydrogen-bond donors (Lipinski definition) is 1. The van der Waals surface area contributed by atoms with Crippen molar-refractivity contribution in [2.45, 2.75) is 6.54 Å². The molecule has 3 nitrogen and oxygen atoms in total. The van der Waals surface area contributed by atoms with E-state index in [4.69, 9.17) is 18.0 Å². The molecular weight excluding hydrogens is 356 g/mol. The van der Waals surface area contributed by atoms with Crippen LogP contribution in [0.5, 0.6) is 0 Å². The third kappa shape index (κ3) is 3.65. The van der Waals surface area contributed by atoms with E-state index in [9.17, 15) is 4.79 Å². The van der Waals surface area contributed by atoms with Crippen molar-refractivity contribution in [3.8, 4) is 0 Å². The summed E-state index contributed by atoms with van der Waals surface area (Å²) in [6, 6.07) is 9.45. The Labute approximate surface area is 135 Å². The van der Waals surface area contributed by atoms with Crippen LogP contribution < -0.4 is 5.73 Å². The topological polar surface area (TPSA) is 46.3 Å². The summed E-state index contributed by atoms with van der Waals surface area (Å²) in [6.45, 7) is 0.517. The number of thiocarbonyl (C=S) groups is 1. The Bertz CT molecular complexity index is 654. The van der Waals surface area contributed by atoms with E-state index in [1.54, 1.807) is 11.9 Å². The molecule has 0 unspecified atom stereocenters. The number of carbonyl (C=O) groups is 1. The van der Waals surface area contributed by atoms with E-state index in [-0.39, 0.29) is 5.91 Å². The first-order valence-corrected chi connectivity index (χ1v) is 7.93. The Kier molecular flexibility index (Phi) is 4.91. The van der Waals surface area contributed by atoms with Crippen LogP contribution >= 0.6 is 39.5 Å². The highest BCUT2D eigenvalue weighted by atomic mass is 79.9. The minimum Gasteiger partial charge on any atom is -0.389 e. The van der Waals surface area contributed by atoms with Crippen LogP contribution in [0, 0.1) is 0 Å². The van der Waals surface area contributed by atoms with Crippen molar-refractivity contribution in [3.63, 3.8) is 0 Å². The minimum absolute atomic E-state index is 0.00678. The smallest absolute Gasteiger partial charge is 0.254 e. The van der Waals surface area contributed by atoms with Crippen molar-refractivity contribution < 1.29 is 4.79 Å². The highest BCUT2D eigenvalue weighted by molar-refractivity contribution is 9.11. The molecule has 2 N–H and O–H groups in total. The highest BCUT2D eigenvalue weighted by Gasteiger charge is 2.13. The normalized spacial score (nSPS) is 10.3. The Hall–Kier alpha value is -1.24. The van der Waals surface area contributed by atoms with Crippen LogP contribution in [0.4, 0.5) is 0 Å². The van der Waals surface area contributed by atoms with Crippen LogP contribution in [0.1, 0.15) is 21.5 Å². The molecule has 1 amide bonds. The largest absolute Gasteiger partial charge is 0.389 e. The average Bonchev–Trinajstić information content (AvgIpc) is 2.84. The molecule has 1 heterocycles. The molecule has 0 aliphatic carbocycles. The van der Waals surface area contributed by atoms with E-state index in [1.807, 2.05) is 35.7 Å². The Morgan fingerprint density at radius 3 is 2.75 bits per heavy atom. The maximum atomic E-state index is 12.2. The van der Waals surface area contributed by atoms with Gasteiger partial charge in [-0.15, -0.1) is 11.3 Å². The second-order valence-electron chi connectivity index (χ2n) is 4.37. The number of amides is 1. The molecule has 0 aliphatic rings. The molecule has 1 aromatic carbocycles. The summed E-state index contributed by atoms with van der Waals surface area (Å²) in [5.74, 6) is -0.00678. The van der Waals surface area contributed by atoms with Crippen LogP contribution in [0.2, 0.25) is 0 Å². The zero-order valence-corrected chi connectivity index (χ0v) is 14.0. The van der Waals surface area contributed by atoms with Gasteiger partial charge in [0.1, 0.15) is 4.99 Å². The Balaban J connectivity index is 2.11. The molecule has 1 aromatic heterocycles. The first-order chi connectivity index (χ1) is 9.47. The molecule has 0 spiro atoms. The Morgan fingerprint density at radius 2 is 2.15 bits per heavy atom. The molecule has 0 saturated carbocycles. The van der Waals surface area contributed by atoms with Crippen LogP contribution in [-0.2, 0) is 6.54 Å². The molecular formula is C14H13BrN2OS2. The van der Waals surface area contributed by atoms with Gasteiger partial charge in [0.05, 0.1) is 9.35 Å². The number of halogens is 1. The van der Waals surface area contributed by atoms with Gasteiger partial charge >= 0.3 is 0 Å². The molecule has 0 atom stereocenters. The predicted molar refractivity (Wildman–Crippen MR) is 90.1 cm³/mol. The van der Waals surface area contributed by atoms with Gasteiger partial charge in [0.25, 0.3) is 5.91 Å². The molecule has 104 valence electrons. The zero-order chi connectivity index (χ0) is 14.7. The highest BCUT2D eigenvalue weighted by Crippen LogP contribution is 2.22. The molecule has 0 aliphatic heterocycles. The lowest BCUT2D eigenvalue weighted by Gasteiger charge is -2.17. The molecule has 0 bridgehead atoms. The molecule has 2 rings (SSSR count). The maximum Gasteiger partial charge on any atom is 0.254 e. The third-order valence-corrected chi connectivity index (χ3v) is 4.53. The fraction of sp³-hybridized carbons (Fsp3) is 0.143. The molecule has 0 saturated heterocycles. The summed E-state index contributed by atoms with van der Waals surface area (Å²) >= 11 is 9.82. The van der Waals surface area contributed by atoms with E-state index in [0.29, 0.717) is 17.1 Å². The number of benzene rings is 1. The lowest BCUT2D eigenvalue weighted by Crippen LogP contribution is -2.26. The van der Waals surface area contributed by atoms with Crippen molar-refractivity contribution in [1.82, 2.24) is 4.90 Å². The van der Waals surface area contributed by atoms with Crippen molar-refractivity contribution in [2.75, 3.05) is 7.05 Å². The van der Waals surface area contributed by atoms with Crippen molar-refractivity contribution in [2.24, 2.45) is 5.73 Å². The molecule has 20 heavy (non-hydrogen) atoms.